The molecule has 0 saturated carbocycles. The molecule has 0 radical (unpaired) electrons. The van der Waals surface area contributed by atoms with Crippen molar-refractivity contribution in [3.8, 4) is 0 Å². The molecule has 1 saturated heterocycles. The first-order chi connectivity index (χ1) is 11.1. The normalized spacial score (nSPS) is 15.4. The van der Waals surface area contributed by atoms with E-state index < -0.39 is 0 Å². The van der Waals surface area contributed by atoms with Gasteiger partial charge in [0.15, 0.2) is 0 Å². The summed E-state index contributed by atoms with van der Waals surface area (Å²) in [6.45, 7) is 6.82. The van der Waals surface area contributed by atoms with E-state index in [1.165, 1.54) is 0 Å². The number of hydrogen-bond donors (Lipinski definition) is 0. The van der Waals surface area contributed by atoms with Crippen LogP contribution in [0.15, 0.2) is 27.2 Å². The van der Waals surface area contributed by atoms with Crippen LogP contribution in [0.2, 0.25) is 0 Å². The molecule has 1 aliphatic heterocycles. The van der Waals surface area contributed by atoms with Gasteiger partial charge in [0.05, 0.1) is 6.26 Å². The highest BCUT2D eigenvalue weighted by Crippen LogP contribution is 2.19. The van der Waals surface area contributed by atoms with E-state index in [9.17, 15) is 4.79 Å². The fraction of sp³-hybridized carbons (Fsp3) is 0.562. The van der Waals surface area contributed by atoms with E-state index in [0.717, 1.165) is 5.76 Å². The van der Waals surface area contributed by atoms with Crippen LogP contribution in [0.5, 0.6) is 0 Å². The topological polar surface area (TPSA) is 75.6 Å². The van der Waals surface area contributed by atoms with Crippen LogP contribution in [0.25, 0.3) is 0 Å². The number of rotatable bonds is 5. The molecule has 3 rings (SSSR count). The fourth-order valence-corrected chi connectivity index (χ4v) is 2.58. The lowest BCUT2D eigenvalue weighted by atomic mass is 10.2. The number of nitrogens with zero attached hydrogens (tertiary/aromatic N) is 4. The van der Waals surface area contributed by atoms with Crippen LogP contribution in [0.4, 0.5) is 6.01 Å². The summed E-state index contributed by atoms with van der Waals surface area (Å²) in [6, 6.07) is 4.29. The number of aromatic nitrogens is 2. The molecule has 124 valence electrons. The van der Waals surface area contributed by atoms with Gasteiger partial charge in [-0.1, -0.05) is 18.9 Å². The van der Waals surface area contributed by atoms with Gasteiger partial charge in [0.2, 0.25) is 11.8 Å². The van der Waals surface area contributed by atoms with Crippen molar-refractivity contribution in [1.29, 1.82) is 0 Å². The Morgan fingerprint density at radius 1 is 1.26 bits per heavy atom. The van der Waals surface area contributed by atoms with Gasteiger partial charge in [-0.15, -0.1) is 5.10 Å². The lowest BCUT2D eigenvalue weighted by Crippen LogP contribution is -2.49. The van der Waals surface area contributed by atoms with Crippen molar-refractivity contribution in [3.05, 3.63) is 30.0 Å². The third kappa shape index (κ3) is 3.72. The van der Waals surface area contributed by atoms with Gasteiger partial charge in [-0.3, -0.25) is 4.79 Å². The van der Waals surface area contributed by atoms with Crippen molar-refractivity contribution in [1.82, 2.24) is 15.1 Å². The maximum Gasteiger partial charge on any atom is 0.318 e. The monoisotopic (exact) mass is 318 g/mol. The summed E-state index contributed by atoms with van der Waals surface area (Å²) in [6.07, 6.45) is 2.76. The van der Waals surface area contributed by atoms with Gasteiger partial charge in [-0.05, 0) is 12.1 Å². The minimum absolute atomic E-state index is 0.162. The number of furan rings is 1. The highest BCUT2D eigenvalue weighted by molar-refractivity contribution is 5.76. The molecular weight excluding hydrogens is 296 g/mol. The molecule has 0 atom stereocenters. The molecule has 7 nitrogen and oxygen atoms in total. The van der Waals surface area contributed by atoms with Gasteiger partial charge in [-0.25, -0.2) is 0 Å². The quantitative estimate of drug-likeness (QED) is 0.840. The first-order valence-electron chi connectivity index (χ1n) is 8.02. The molecule has 0 aliphatic carbocycles. The third-order valence-electron chi connectivity index (χ3n) is 3.99. The fourth-order valence-electron chi connectivity index (χ4n) is 2.58. The smallest absolute Gasteiger partial charge is 0.318 e. The first-order valence-corrected chi connectivity index (χ1v) is 8.02. The number of carbonyl (C=O) groups is 1. The van der Waals surface area contributed by atoms with Crippen LogP contribution >= 0.6 is 0 Å². The minimum atomic E-state index is 0.162. The maximum absolute atomic E-state index is 12.2. The van der Waals surface area contributed by atoms with Crippen molar-refractivity contribution >= 4 is 11.9 Å². The van der Waals surface area contributed by atoms with E-state index in [-0.39, 0.29) is 11.8 Å². The molecule has 2 aromatic heterocycles. The minimum Gasteiger partial charge on any atom is -0.469 e. The summed E-state index contributed by atoms with van der Waals surface area (Å²) in [7, 11) is 0. The molecule has 7 heteroatoms. The Labute approximate surface area is 135 Å². The van der Waals surface area contributed by atoms with Crippen LogP contribution in [-0.4, -0.2) is 47.2 Å². The molecule has 2 aromatic rings. The summed E-state index contributed by atoms with van der Waals surface area (Å²) < 4.78 is 10.9. The number of piperazine rings is 1. The highest BCUT2D eigenvalue weighted by Gasteiger charge is 2.24. The van der Waals surface area contributed by atoms with Crippen LogP contribution < -0.4 is 4.90 Å². The van der Waals surface area contributed by atoms with E-state index >= 15 is 0 Å². The SMILES string of the molecule is CC(C)c1nnc(N2CCN(C(=O)CCc3ccco3)CC2)o1. The van der Waals surface area contributed by atoms with Crippen molar-refractivity contribution in [2.45, 2.75) is 32.6 Å². The van der Waals surface area contributed by atoms with E-state index in [0.29, 0.717) is 50.9 Å². The molecule has 0 bridgehead atoms. The molecule has 0 N–H and O–H groups in total. The van der Waals surface area contributed by atoms with E-state index in [2.05, 4.69) is 10.2 Å². The van der Waals surface area contributed by atoms with Crippen LogP contribution in [0.3, 0.4) is 0 Å². The summed E-state index contributed by atoms with van der Waals surface area (Å²) in [5.74, 6) is 1.89. The Morgan fingerprint density at radius 2 is 2.04 bits per heavy atom. The second-order valence-electron chi connectivity index (χ2n) is 6.02. The van der Waals surface area contributed by atoms with Gasteiger partial charge in [0.25, 0.3) is 0 Å². The number of aryl methyl sites for hydroxylation is 1. The largest absolute Gasteiger partial charge is 0.469 e. The molecule has 1 fully saturated rings. The zero-order valence-electron chi connectivity index (χ0n) is 13.6. The van der Waals surface area contributed by atoms with Gasteiger partial charge >= 0.3 is 6.01 Å². The average Bonchev–Trinajstić information content (AvgIpc) is 3.24. The zero-order chi connectivity index (χ0) is 16.2. The molecule has 1 amide bonds. The third-order valence-corrected chi connectivity index (χ3v) is 3.99. The second-order valence-corrected chi connectivity index (χ2v) is 6.02. The predicted molar refractivity (Wildman–Crippen MR) is 84.2 cm³/mol. The molecule has 0 aromatic carbocycles. The molecule has 23 heavy (non-hydrogen) atoms. The average molecular weight is 318 g/mol. The maximum atomic E-state index is 12.2. The Bertz CT molecular complexity index is 628. The Morgan fingerprint density at radius 3 is 2.65 bits per heavy atom. The molecule has 3 heterocycles. The van der Waals surface area contributed by atoms with E-state index in [4.69, 9.17) is 8.83 Å². The Kier molecular flexibility index (Phi) is 4.64. The van der Waals surface area contributed by atoms with Crippen molar-refractivity contribution in [2.24, 2.45) is 0 Å². The van der Waals surface area contributed by atoms with Crippen LogP contribution in [0.1, 0.15) is 37.8 Å². The summed E-state index contributed by atoms with van der Waals surface area (Å²) in [5.41, 5.74) is 0. The van der Waals surface area contributed by atoms with Gasteiger partial charge in [0.1, 0.15) is 5.76 Å². The number of amides is 1. The lowest BCUT2D eigenvalue weighted by Gasteiger charge is -2.33. The van der Waals surface area contributed by atoms with E-state index in [1.54, 1.807) is 6.26 Å². The number of hydrogen-bond acceptors (Lipinski definition) is 6. The molecular formula is C16H22N4O3. The summed E-state index contributed by atoms with van der Waals surface area (Å²) in [4.78, 5) is 16.2. The predicted octanol–water partition coefficient (Wildman–Crippen LogP) is 2.07. The van der Waals surface area contributed by atoms with Crippen molar-refractivity contribution in [3.63, 3.8) is 0 Å². The first kappa shape index (κ1) is 15.6. The van der Waals surface area contributed by atoms with Crippen molar-refractivity contribution in [2.75, 3.05) is 31.1 Å². The lowest BCUT2D eigenvalue weighted by molar-refractivity contribution is -0.131. The molecule has 0 spiro atoms. The Hall–Kier alpha value is -2.31. The van der Waals surface area contributed by atoms with Crippen molar-refractivity contribution < 1.29 is 13.6 Å². The highest BCUT2D eigenvalue weighted by atomic mass is 16.4. The van der Waals surface area contributed by atoms with E-state index in [1.807, 2.05) is 35.8 Å². The number of anilines is 1. The van der Waals surface area contributed by atoms with Crippen LogP contribution in [-0.2, 0) is 11.2 Å². The Balaban J connectivity index is 1.48. The number of carbonyl (C=O) groups excluding carboxylic acids is 1. The van der Waals surface area contributed by atoms with Gasteiger partial charge < -0.3 is 18.6 Å². The zero-order valence-corrected chi connectivity index (χ0v) is 13.6. The van der Waals surface area contributed by atoms with Gasteiger partial charge in [-0.2, -0.15) is 0 Å². The second kappa shape index (κ2) is 6.85. The standard InChI is InChI=1S/C16H22N4O3/c1-12(2)15-17-18-16(23-15)20-9-7-19(8-10-20)14(21)6-5-13-4-3-11-22-13/h3-4,11-12H,5-10H2,1-2H3. The molecule has 0 unspecified atom stereocenters. The molecule has 1 aliphatic rings. The summed E-state index contributed by atoms with van der Waals surface area (Å²) in [5, 5.41) is 8.15. The van der Waals surface area contributed by atoms with Gasteiger partial charge in [0, 0.05) is 44.9 Å². The van der Waals surface area contributed by atoms with Crippen LogP contribution in [0, 0.1) is 0 Å². The summed E-state index contributed by atoms with van der Waals surface area (Å²) >= 11 is 0.